The second-order valence-corrected chi connectivity index (χ2v) is 6.26. The van der Waals surface area contributed by atoms with E-state index in [1.54, 1.807) is 12.1 Å². The molecule has 0 amide bonds. The Morgan fingerprint density at radius 1 is 1.24 bits per heavy atom. The normalized spacial score (nSPS) is 14.2. The van der Waals surface area contributed by atoms with Gasteiger partial charge in [-0.25, -0.2) is 4.39 Å². The van der Waals surface area contributed by atoms with Crippen molar-refractivity contribution in [3.63, 3.8) is 0 Å². The highest BCUT2D eigenvalue weighted by atomic mass is 32.1. The van der Waals surface area contributed by atoms with Crippen LogP contribution in [0.5, 0.6) is 0 Å². The summed E-state index contributed by atoms with van der Waals surface area (Å²) in [6, 6.07) is 11.2. The van der Waals surface area contributed by atoms with E-state index in [-0.39, 0.29) is 5.82 Å². The molecule has 1 fully saturated rings. The van der Waals surface area contributed by atoms with E-state index in [0.717, 1.165) is 36.5 Å². The monoisotopic (exact) mass is 301 g/mol. The van der Waals surface area contributed by atoms with E-state index in [2.05, 4.69) is 16.3 Å². The highest BCUT2D eigenvalue weighted by Gasteiger charge is 2.16. The largest absolute Gasteiger partial charge is 0.380 e. The first-order chi connectivity index (χ1) is 10.3. The van der Waals surface area contributed by atoms with Crippen molar-refractivity contribution in [1.29, 1.82) is 5.26 Å². The van der Waals surface area contributed by atoms with Crippen molar-refractivity contribution in [2.75, 3.05) is 23.3 Å². The maximum Gasteiger partial charge on any atom is 0.148 e. The van der Waals surface area contributed by atoms with E-state index in [1.165, 1.54) is 11.3 Å². The number of hydrogen-bond acceptors (Lipinski definition) is 4. The van der Waals surface area contributed by atoms with Crippen LogP contribution in [0.25, 0.3) is 0 Å². The van der Waals surface area contributed by atoms with Gasteiger partial charge >= 0.3 is 0 Å². The number of halogens is 1. The Bertz CT molecular complexity index is 668. The van der Waals surface area contributed by atoms with Gasteiger partial charge in [0.2, 0.25) is 0 Å². The zero-order valence-electron chi connectivity index (χ0n) is 11.6. The lowest BCUT2D eigenvalue weighted by atomic mass is 10.2. The van der Waals surface area contributed by atoms with Crippen LogP contribution in [0.2, 0.25) is 0 Å². The first-order valence-corrected chi connectivity index (χ1v) is 7.85. The van der Waals surface area contributed by atoms with Crippen LogP contribution in [0.4, 0.5) is 15.8 Å². The molecule has 0 spiro atoms. The molecule has 0 saturated carbocycles. The molecule has 0 aliphatic carbocycles. The number of nitrogens with one attached hydrogen (secondary N) is 1. The van der Waals surface area contributed by atoms with Crippen molar-refractivity contribution in [1.82, 2.24) is 0 Å². The standard InChI is InChI=1S/C16H16FN3S/c17-15-9-12(3-6-16(15)20-7-1-2-8-20)19-11-14-5-4-13(10-18)21-14/h3-6,9,19H,1-2,7-8,11H2. The third kappa shape index (κ3) is 3.17. The topological polar surface area (TPSA) is 39.1 Å². The van der Waals surface area contributed by atoms with Gasteiger partial charge in [0, 0.05) is 30.2 Å². The summed E-state index contributed by atoms with van der Waals surface area (Å²) in [5, 5.41) is 12.0. The molecule has 1 aromatic carbocycles. The van der Waals surface area contributed by atoms with Crippen molar-refractivity contribution in [3.8, 4) is 6.07 Å². The molecule has 108 valence electrons. The van der Waals surface area contributed by atoms with Crippen LogP contribution >= 0.6 is 11.3 Å². The second-order valence-electron chi connectivity index (χ2n) is 5.09. The highest BCUT2D eigenvalue weighted by Crippen LogP contribution is 2.26. The Morgan fingerprint density at radius 3 is 2.71 bits per heavy atom. The van der Waals surface area contributed by atoms with Gasteiger partial charge in [0.05, 0.1) is 5.69 Å². The summed E-state index contributed by atoms with van der Waals surface area (Å²) < 4.78 is 14.2. The molecule has 5 heteroatoms. The van der Waals surface area contributed by atoms with E-state index < -0.39 is 0 Å². The molecule has 1 saturated heterocycles. The second kappa shape index (κ2) is 6.15. The van der Waals surface area contributed by atoms with Gasteiger partial charge in [0.15, 0.2) is 0 Å². The fraction of sp³-hybridized carbons (Fsp3) is 0.312. The van der Waals surface area contributed by atoms with Crippen molar-refractivity contribution >= 4 is 22.7 Å². The maximum atomic E-state index is 14.2. The Morgan fingerprint density at radius 2 is 2.05 bits per heavy atom. The zero-order chi connectivity index (χ0) is 14.7. The summed E-state index contributed by atoms with van der Waals surface area (Å²) in [5.74, 6) is -0.175. The van der Waals surface area contributed by atoms with Gasteiger partial charge in [-0.05, 0) is 43.2 Å². The predicted molar refractivity (Wildman–Crippen MR) is 84.2 cm³/mol. The minimum atomic E-state index is -0.175. The average Bonchev–Trinajstić information content (AvgIpc) is 3.16. The lowest BCUT2D eigenvalue weighted by molar-refractivity contribution is 0.623. The van der Waals surface area contributed by atoms with Gasteiger partial charge < -0.3 is 10.2 Å². The Kier molecular flexibility index (Phi) is 4.07. The molecular weight excluding hydrogens is 285 g/mol. The summed E-state index contributed by atoms with van der Waals surface area (Å²) in [6.45, 7) is 2.49. The summed E-state index contributed by atoms with van der Waals surface area (Å²) in [7, 11) is 0. The Labute approximate surface area is 127 Å². The van der Waals surface area contributed by atoms with Crippen LogP contribution in [0.3, 0.4) is 0 Å². The molecule has 21 heavy (non-hydrogen) atoms. The van der Waals surface area contributed by atoms with Crippen LogP contribution in [-0.4, -0.2) is 13.1 Å². The molecule has 0 unspecified atom stereocenters. The molecule has 1 aliphatic rings. The number of benzene rings is 1. The minimum Gasteiger partial charge on any atom is -0.380 e. The smallest absolute Gasteiger partial charge is 0.148 e. The summed E-state index contributed by atoms with van der Waals surface area (Å²) >= 11 is 1.45. The van der Waals surface area contributed by atoms with Crippen LogP contribution < -0.4 is 10.2 Å². The molecule has 2 aromatic rings. The van der Waals surface area contributed by atoms with Gasteiger partial charge in [-0.2, -0.15) is 5.26 Å². The lowest BCUT2D eigenvalue weighted by Gasteiger charge is -2.19. The van der Waals surface area contributed by atoms with Gasteiger partial charge in [-0.15, -0.1) is 11.3 Å². The Hall–Kier alpha value is -2.06. The number of rotatable bonds is 4. The van der Waals surface area contributed by atoms with Gasteiger partial charge in [0.25, 0.3) is 0 Å². The molecular formula is C16H16FN3S. The van der Waals surface area contributed by atoms with Gasteiger partial charge in [0.1, 0.15) is 16.8 Å². The van der Waals surface area contributed by atoms with Gasteiger partial charge in [-0.1, -0.05) is 0 Å². The third-order valence-electron chi connectivity index (χ3n) is 3.63. The molecule has 1 aromatic heterocycles. The summed E-state index contributed by atoms with van der Waals surface area (Å²) in [4.78, 5) is 3.86. The summed E-state index contributed by atoms with van der Waals surface area (Å²) in [6.07, 6.45) is 2.28. The fourth-order valence-corrected chi connectivity index (χ4v) is 3.30. The first-order valence-electron chi connectivity index (χ1n) is 7.03. The first kappa shape index (κ1) is 13.9. The van der Waals surface area contributed by atoms with Crippen molar-refractivity contribution < 1.29 is 4.39 Å². The van der Waals surface area contributed by atoms with E-state index in [1.807, 2.05) is 18.2 Å². The maximum absolute atomic E-state index is 14.2. The average molecular weight is 301 g/mol. The molecule has 2 heterocycles. The lowest BCUT2D eigenvalue weighted by Crippen LogP contribution is -2.18. The van der Waals surface area contributed by atoms with E-state index in [0.29, 0.717) is 17.1 Å². The van der Waals surface area contributed by atoms with Gasteiger partial charge in [-0.3, -0.25) is 0 Å². The quantitative estimate of drug-likeness (QED) is 0.928. The number of nitrogens with zero attached hydrogens (tertiary/aromatic N) is 2. The van der Waals surface area contributed by atoms with Crippen LogP contribution in [0.15, 0.2) is 30.3 Å². The van der Waals surface area contributed by atoms with Crippen LogP contribution in [0.1, 0.15) is 22.6 Å². The van der Waals surface area contributed by atoms with E-state index >= 15 is 0 Å². The minimum absolute atomic E-state index is 0.175. The van der Waals surface area contributed by atoms with E-state index in [9.17, 15) is 4.39 Å². The fourth-order valence-electron chi connectivity index (χ4n) is 2.55. The molecule has 0 atom stereocenters. The molecule has 0 bridgehead atoms. The van der Waals surface area contributed by atoms with Crippen LogP contribution in [-0.2, 0) is 6.54 Å². The molecule has 3 nitrogen and oxygen atoms in total. The van der Waals surface area contributed by atoms with Crippen molar-refractivity contribution in [2.45, 2.75) is 19.4 Å². The Balaban J connectivity index is 1.66. The number of hydrogen-bond donors (Lipinski definition) is 1. The number of nitriles is 1. The molecule has 1 aliphatic heterocycles. The third-order valence-corrected chi connectivity index (χ3v) is 4.62. The summed E-state index contributed by atoms with van der Waals surface area (Å²) in [5.41, 5.74) is 1.46. The van der Waals surface area contributed by atoms with Crippen molar-refractivity contribution in [2.24, 2.45) is 0 Å². The van der Waals surface area contributed by atoms with E-state index in [4.69, 9.17) is 5.26 Å². The SMILES string of the molecule is N#Cc1ccc(CNc2ccc(N3CCCC3)c(F)c2)s1. The number of thiophene rings is 1. The molecule has 0 radical (unpaired) electrons. The van der Waals surface area contributed by atoms with Crippen molar-refractivity contribution in [3.05, 3.63) is 45.9 Å². The van der Waals surface area contributed by atoms with Crippen LogP contribution in [0, 0.1) is 17.1 Å². The zero-order valence-corrected chi connectivity index (χ0v) is 12.4. The molecule has 3 rings (SSSR count). The number of anilines is 2. The predicted octanol–water partition coefficient (Wildman–Crippen LogP) is 3.97. The highest BCUT2D eigenvalue weighted by molar-refractivity contribution is 7.12. The molecule has 1 N–H and O–H groups in total.